The van der Waals surface area contributed by atoms with Crippen molar-refractivity contribution in [1.82, 2.24) is 0 Å². The Bertz CT molecular complexity index is 408. The van der Waals surface area contributed by atoms with Crippen LogP contribution in [0.25, 0.3) is 0 Å². The molecule has 0 aliphatic carbocycles. The summed E-state index contributed by atoms with van der Waals surface area (Å²) < 4.78 is 48.1. The summed E-state index contributed by atoms with van der Waals surface area (Å²) in [7, 11) is 0. The maximum absolute atomic E-state index is 12.5. The normalized spacial score (nSPS) is 20.2. The van der Waals surface area contributed by atoms with Gasteiger partial charge in [0.1, 0.15) is 17.5 Å². The molecule has 1 aromatic rings. The SMILES string of the molecule is CC(C)(Oc1cccc(C(F)(F)F)c1)C1CO1. The number of rotatable bonds is 3. The van der Waals surface area contributed by atoms with E-state index in [1.165, 1.54) is 12.1 Å². The lowest BCUT2D eigenvalue weighted by atomic mass is 10.1. The highest BCUT2D eigenvalue weighted by Crippen LogP contribution is 2.34. The van der Waals surface area contributed by atoms with Gasteiger partial charge in [0.15, 0.2) is 0 Å². The van der Waals surface area contributed by atoms with E-state index in [9.17, 15) is 13.2 Å². The van der Waals surface area contributed by atoms with Crippen LogP contribution in [0.5, 0.6) is 5.75 Å². The van der Waals surface area contributed by atoms with E-state index >= 15 is 0 Å². The van der Waals surface area contributed by atoms with E-state index in [2.05, 4.69) is 0 Å². The van der Waals surface area contributed by atoms with Gasteiger partial charge in [-0.3, -0.25) is 0 Å². The van der Waals surface area contributed by atoms with Crippen LogP contribution >= 0.6 is 0 Å². The van der Waals surface area contributed by atoms with Crippen molar-refractivity contribution in [2.24, 2.45) is 0 Å². The van der Waals surface area contributed by atoms with E-state index in [1.807, 2.05) is 0 Å². The summed E-state index contributed by atoms with van der Waals surface area (Å²) in [5.74, 6) is 0.209. The first-order valence-electron chi connectivity index (χ1n) is 5.27. The fourth-order valence-corrected chi connectivity index (χ4v) is 1.55. The quantitative estimate of drug-likeness (QED) is 0.763. The van der Waals surface area contributed by atoms with Crippen molar-refractivity contribution in [2.45, 2.75) is 31.7 Å². The number of hydrogen-bond donors (Lipinski definition) is 0. The van der Waals surface area contributed by atoms with Crippen molar-refractivity contribution in [3.05, 3.63) is 29.8 Å². The Morgan fingerprint density at radius 1 is 1.29 bits per heavy atom. The summed E-state index contributed by atoms with van der Waals surface area (Å²) in [5, 5.41) is 0. The Labute approximate surface area is 97.3 Å². The van der Waals surface area contributed by atoms with Gasteiger partial charge in [0.25, 0.3) is 0 Å². The molecular weight excluding hydrogens is 233 g/mol. The molecule has 94 valence electrons. The van der Waals surface area contributed by atoms with E-state index in [0.717, 1.165) is 12.1 Å². The van der Waals surface area contributed by atoms with Crippen LogP contribution in [-0.2, 0) is 10.9 Å². The largest absolute Gasteiger partial charge is 0.485 e. The van der Waals surface area contributed by atoms with Gasteiger partial charge in [-0.05, 0) is 32.0 Å². The summed E-state index contributed by atoms with van der Waals surface area (Å²) >= 11 is 0. The molecule has 2 rings (SSSR count). The average molecular weight is 246 g/mol. The fraction of sp³-hybridized carbons (Fsp3) is 0.500. The average Bonchev–Trinajstić information content (AvgIpc) is 2.99. The summed E-state index contributed by atoms with van der Waals surface area (Å²) in [5.41, 5.74) is -1.31. The molecule has 1 fully saturated rings. The first-order valence-corrected chi connectivity index (χ1v) is 5.27. The molecule has 1 unspecified atom stereocenters. The van der Waals surface area contributed by atoms with Gasteiger partial charge in [0.05, 0.1) is 12.2 Å². The van der Waals surface area contributed by atoms with Crippen LogP contribution in [-0.4, -0.2) is 18.3 Å². The lowest BCUT2D eigenvalue weighted by Crippen LogP contribution is -2.34. The van der Waals surface area contributed by atoms with Crippen molar-refractivity contribution < 1.29 is 22.6 Å². The van der Waals surface area contributed by atoms with Gasteiger partial charge >= 0.3 is 6.18 Å². The van der Waals surface area contributed by atoms with E-state index < -0.39 is 17.3 Å². The Balaban J connectivity index is 2.16. The van der Waals surface area contributed by atoms with E-state index in [1.54, 1.807) is 13.8 Å². The van der Waals surface area contributed by atoms with Gasteiger partial charge in [-0.25, -0.2) is 0 Å². The molecule has 17 heavy (non-hydrogen) atoms. The number of benzene rings is 1. The lowest BCUT2D eigenvalue weighted by Gasteiger charge is -2.24. The minimum atomic E-state index is -4.35. The van der Waals surface area contributed by atoms with Crippen LogP contribution in [0.3, 0.4) is 0 Å². The van der Waals surface area contributed by atoms with Crippen LogP contribution in [0.15, 0.2) is 24.3 Å². The van der Waals surface area contributed by atoms with Crippen molar-refractivity contribution >= 4 is 0 Å². The summed E-state index contributed by atoms with van der Waals surface area (Å²) in [4.78, 5) is 0. The molecule has 0 radical (unpaired) electrons. The second-order valence-electron chi connectivity index (χ2n) is 4.55. The van der Waals surface area contributed by atoms with Gasteiger partial charge < -0.3 is 9.47 Å². The first-order chi connectivity index (χ1) is 7.79. The standard InChI is InChI=1S/C12H13F3O2/c1-11(2,10-7-16-10)17-9-5-3-4-8(6-9)12(13,14)15/h3-6,10H,7H2,1-2H3. The molecule has 0 amide bonds. The monoisotopic (exact) mass is 246 g/mol. The second kappa shape index (κ2) is 3.91. The van der Waals surface area contributed by atoms with Gasteiger partial charge in [-0.15, -0.1) is 0 Å². The molecule has 1 atom stereocenters. The molecule has 0 bridgehead atoms. The zero-order valence-electron chi connectivity index (χ0n) is 9.54. The van der Waals surface area contributed by atoms with Gasteiger partial charge in [0.2, 0.25) is 0 Å². The Hall–Kier alpha value is -1.23. The van der Waals surface area contributed by atoms with Crippen LogP contribution in [0, 0.1) is 0 Å². The van der Waals surface area contributed by atoms with Gasteiger partial charge in [-0.2, -0.15) is 13.2 Å². The summed E-state index contributed by atoms with van der Waals surface area (Å²) in [6.45, 7) is 4.18. The molecule has 5 heteroatoms. The third-order valence-electron chi connectivity index (χ3n) is 2.65. The summed E-state index contributed by atoms with van der Waals surface area (Å²) in [6.07, 6.45) is -4.39. The number of hydrogen-bond acceptors (Lipinski definition) is 2. The predicted octanol–water partition coefficient (Wildman–Crippen LogP) is 3.26. The van der Waals surface area contributed by atoms with Crippen molar-refractivity contribution in [1.29, 1.82) is 0 Å². The highest BCUT2D eigenvalue weighted by Gasteiger charge is 2.42. The fourth-order valence-electron chi connectivity index (χ4n) is 1.55. The molecule has 1 aliphatic heterocycles. The van der Waals surface area contributed by atoms with Gasteiger partial charge in [-0.1, -0.05) is 6.07 Å². The molecule has 0 aromatic heterocycles. The zero-order chi connectivity index (χ0) is 12.7. The minimum Gasteiger partial charge on any atom is -0.485 e. The predicted molar refractivity (Wildman–Crippen MR) is 55.9 cm³/mol. The number of halogens is 3. The number of ether oxygens (including phenoxy) is 2. The smallest absolute Gasteiger partial charge is 0.416 e. The topological polar surface area (TPSA) is 21.8 Å². The van der Waals surface area contributed by atoms with E-state index in [0.29, 0.717) is 6.61 Å². The molecule has 1 heterocycles. The third kappa shape index (κ3) is 2.91. The highest BCUT2D eigenvalue weighted by molar-refractivity contribution is 5.31. The number of epoxide rings is 1. The highest BCUT2D eigenvalue weighted by atomic mass is 19.4. The van der Waals surface area contributed by atoms with Crippen LogP contribution < -0.4 is 4.74 Å². The van der Waals surface area contributed by atoms with Crippen LogP contribution in [0.4, 0.5) is 13.2 Å². The van der Waals surface area contributed by atoms with Crippen molar-refractivity contribution in [3.8, 4) is 5.75 Å². The number of alkyl halides is 3. The maximum atomic E-state index is 12.5. The van der Waals surface area contributed by atoms with E-state index in [-0.39, 0.29) is 11.9 Å². The summed E-state index contributed by atoms with van der Waals surface area (Å²) in [6, 6.07) is 4.87. The Morgan fingerprint density at radius 3 is 2.47 bits per heavy atom. The third-order valence-corrected chi connectivity index (χ3v) is 2.65. The molecule has 1 saturated heterocycles. The first kappa shape index (κ1) is 12.2. The molecular formula is C12H13F3O2. The van der Waals surface area contributed by atoms with Crippen molar-refractivity contribution in [2.75, 3.05) is 6.61 Å². The lowest BCUT2D eigenvalue weighted by molar-refractivity contribution is -0.137. The minimum absolute atomic E-state index is 0.0444. The molecule has 0 N–H and O–H groups in total. The van der Waals surface area contributed by atoms with Crippen LogP contribution in [0.2, 0.25) is 0 Å². The van der Waals surface area contributed by atoms with Crippen molar-refractivity contribution in [3.63, 3.8) is 0 Å². The molecule has 1 aliphatic rings. The molecule has 0 saturated carbocycles. The Morgan fingerprint density at radius 2 is 1.94 bits per heavy atom. The molecule has 2 nitrogen and oxygen atoms in total. The van der Waals surface area contributed by atoms with Gasteiger partial charge in [0, 0.05) is 0 Å². The zero-order valence-corrected chi connectivity index (χ0v) is 9.54. The van der Waals surface area contributed by atoms with E-state index in [4.69, 9.17) is 9.47 Å². The molecule has 0 spiro atoms. The van der Waals surface area contributed by atoms with Crippen LogP contribution in [0.1, 0.15) is 19.4 Å². The molecule has 1 aromatic carbocycles. The maximum Gasteiger partial charge on any atom is 0.416 e. The Kier molecular flexibility index (Phi) is 2.81. The second-order valence-corrected chi connectivity index (χ2v) is 4.55.